The zero-order valence-electron chi connectivity index (χ0n) is 18.9. The molecule has 0 aromatic heterocycles. The number of aryl methyl sites for hydroxylation is 1. The van der Waals surface area contributed by atoms with Gasteiger partial charge in [0, 0.05) is 6.54 Å². The molecule has 0 unspecified atom stereocenters. The summed E-state index contributed by atoms with van der Waals surface area (Å²) in [5.74, 6) is 0.716. The third kappa shape index (κ3) is 5.64. The molecule has 0 aliphatic heterocycles. The minimum atomic E-state index is -3.95. The van der Waals surface area contributed by atoms with Crippen molar-refractivity contribution in [2.24, 2.45) is 0 Å². The summed E-state index contributed by atoms with van der Waals surface area (Å²) in [6.07, 6.45) is 0.629. The van der Waals surface area contributed by atoms with E-state index in [0.29, 0.717) is 23.6 Å². The minimum absolute atomic E-state index is 0.128. The molecular formula is C25H28N2O5S. The summed E-state index contributed by atoms with van der Waals surface area (Å²) < 4.78 is 38.7. The third-order valence-electron chi connectivity index (χ3n) is 5.20. The van der Waals surface area contributed by atoms with Crippen molar-refractivity contribution >= 4 is 21.6 Å². The first-order valence-corrected chi connectivity index (χ1v) is 12.0. The SMILES string of the molecule is CCc1ccccc1N(CC(=O)NCc1ccc(OC)c(OC)c1)S(=O)(=O)c1ccccc1. The van der Waals surface area contributed by atoms with Crippen LogP contribution in [-0.2, 0) is 27.8 Å². The predicted molar refractivity (Wildman–Crippen MR) is 128 cm³/mol. The van der Waals surface area contributed by atoms with Gasteiger partial charge in [-0.3, -0.25) is 9.10 Å². The molecule has 0 fully saturated rings. The summed E-state index contributed by atoms with van der Waals surface area (Å²) >= 11 is 0. The molecule has 1 N–H and O–H groups in total. The Bertz CT molecular complexity index is 1200. The molecule has 1 amide bonds. The van der Waals surface area contributed by atoms with E-state index in [1.807, 2.05) is 25.1 Å². The van der Waals surface area contributed by atoms with Crippen LogP contribution in [0.2, 0.25) is 0 Å². The van der Waals surface area contributed by atoms with Crippen LogP contribution in [0.5, 0.6) is 11.5 Å². The van der Waals surface area contributed by atoms with Crippen LogP contribution in [0, 0.1) is 0 Å². The van der Waals surface area contributed by atoms with Gasteiger partial charge in [0.05, 0.1) is 24.8 Å². The number of amides is 1. The number of nitrogens with zero attached hydrogens (tertiary/aromatic N) is 1. The van der Waals surface area contributed by atoms with Crippen molar-refractivity contribution in [1.82, 2.24) is 5.32 Å². The first kappa shape index (κ1) is 24.1. The third-order valence-corrected chi connectivity index (χ3v) is 6.97. The van der Waals surface area contributed by atoms with Crippen LogP contribution in [0.4, 0.5) is 5.69 Å². The van der Waals surface area contributed by atoms with Gasteiger partial charge in [-0.2, -0.15) is 0 Å². The van der Waals surface area contributed by atoms with E-state index in [1.165, 1.54) is 23.5 Å². The van der Waals surface area contributed by atoms with Gasteiger partial charge in [-0.1, -0.05) is 49.4 Å². The van der Waals surface area contributed by atoms with Crippen LogP contribution >= 0.6 is 0 Å². The van der Waals surface area contributed by atoms with Crippen LogP contribution in [0.3, 0.4) is 0 Å². The van der Waals surface area contributed by atoms with E-state index >= 15 is 0 Å². The van der Waals surface area contributed by atoms with E-state index in [0.717, 1.165) is 11.1 Å². The zero-order valence-corrected chi connectivity index (χ0v) is 19.8. The molecule has 0 saturated heterocycles. The number of nitrogens with one attached hydrogen (secondary N) is 1. The molecule has 0 aliphatic carbocycles. The van der Waals surface area contributed by atoms with Gasteiger partial charge in [0.1, 0.15) is 6.54 Å². The molecule has 3 aromatic carbocycles. The van der Waals surface area contributed by atoms with E-state index in [9.17, 15) is 13.2 Å². The number of methoxy groups -OCH3 is 2. The average molecular weight is 469 g/mol. The van der Waals surface area contributed by atoms with Gasteiger partial charge in [-0.05, 0) is 47.9 Å². The van der Waals surface area contributed by atoms with Crippen molar-refractivity contribution in [3.63, 3.8) is 0 Å². The lowest BCUT2D eigenvalue weighted by atomic mass is 10.1. The van der Waals surface area contributed by atoms with Gasteiger partial charge in [0.2, 0.25) is 5.91 Å². The van der Waals surface area contributed by atoms with Crippen LogP contribution in [-0.4, -0.2) is 35.1 Å². The average Bonchev–Trinajstić information content (AvgIpc) is 2.86. The summed E-state index contributed by atoms with van der Waals surface area (Å²) in [7, 11) is -0.858. The van der Waals surface area contributed by atoms with Gasteiger partial charge in [0.15, 0.2) is 11.5 Å². The fraction of sp³-hybridized carbons (Fsp3) is 0.240. The lowest BCUT2D eigenvalue weighted by Crippen LogP contribution is -2.41. The Morgan fingerprint density at radius 2 is 1.58 bits per heavy atom. The first-order valence-electron chi connectivity index (χ1n) is 10.5. The maximum atomic E-state index is 13.5. The number of rotatable bonds is 10. The van der Waals surface area contributed by atoms with E-state index in [2.05, 4.69) is 5.32 Å². The fourth-order valence-corrected chi connectivity index (χ4v) is 4.93. The van der Waals surface area contributed by atoms with E-state index in [1.54, 1.807) is 49.6 Å². The van der Waals surface area contributed by atoms with E-state index in [-0.39, 0.29) is 18.0 Å². The molecule has 0 aliphatic rings. The Labute approximate surface area is 195 Å². The first-order chi connectivity index (χ1) is 15.9. The molecule has 0 spiro atoms. The number of sulfonamides is 1. The van der Waals surface area contributed by atoms with E-state index in [4.69, 9.17) is 9.47 Å². The quantitative estimate of drug-likeness (QED) is 0.490. The van der Waals surface area contributed by atoms with Crippen molar-refractivity contribution in [3.8, 4) is 11.5 Å². The Morgan fingerprint density at radius 1 is 0.909 bits per heavy atom. The minimum Gasteiger partial charge on any atom is -0.493 e. The Balaban J connectivity index is 1.85. The predicted octanol–water partition coefficient (Wildman–Crippen LogP) is 3.78. The Kier molecular flexibility index (Phi) is 7.95. The number of benzene rings is 3. The van der Waals surface area contributed by atoms with Crippen LogP contribution in [0.15, 0.2) is 77.7 Å². The zero-order chi connectivity index (χ0) is 23.8. The van der Waals surface area contributed by atoms with Crippen molar-refractivity contribution < 1.29 is 22.7 Å². The molecule has 3 rings (SSSR count). The lowest BCUT2D eigenvalue weighted by Gasteiger charge is -2.26. The second-order valence-electron chi connectivity index (χ2n) is 7.27. The van der Waals surface area contributed by atoms with Gasteiger partial charge in [-0.25, -0.2) is 8.42 Å². The summed E-state index contributed by atoms with van der Waals surface area (Å²) in [6, 6.07) is 20.7. The standard InChI is InChI=1S/C25H28N2O5S/c1-4-20-10-8-9-13-22(20)27(33(29,30)21-11-6-5-7-12-21)18-25(28)26-17-19-14-15-23(31-2)24(16-19)32-3/h5-16H,4,17-18H2,1-3H3,(H,26,28). The maximum absolute atomic E-state index is 13.5. The summed E-state index contributed by atoms with van der Waals surface area (Å²) in [4.78, 5) is 13.0. The van der Waals surface area contributed by atoms with Gasteiger partial charge in [0.25, 0.3) is 10.0 Å². The Morgan fingerprint density at radius 3 is 2.24 bits per heavy atom. The fourth-order valence-electron chi connectivity index (χ4n) is 3.45. The number of hydrogen-bond donors (Lipinski definition) is 1. The topological polar surface area (TPSA) is 84.9 Å². The molecule has 8 heteroatoms. The van der Waals surface area contributed by atoms with Crippen LogP contribution < -0.4 is 19.1 Å². The molecule has 0 heterocycles. The highest BCUT2D eigenvalue weighted by atomic mass is 32.2. The highest BCUT2D eigenvalue weighted by Gasteiger charge is 2.28. The number of para-hydroxylation sites is 1. The smallest absolute Gasteiger partial charge is 0.264 e. The highest BCUT2D eigenvalue weighted by Crippen LogP contribution is 2.28. The van der Waals surface area contributed by atoms with Gasteiger partial charge >= 0.3 is 0 Å². The number of ether oxygens (including phenoxy) is 2. The van der Waals surface area contributed by atoms with Crippen molar-refractivity contribution in [2.45, 2.75) is 24.8 Å². The molecule has 7 nitrogen and oxygen atoms in total. The second-order valence-corrected chi connectivity index (χ2v) is 9.14. The van der Waals surface area contributed by atoms with Crippen LogP contribution in [0.1, 0.15) is 18.1 Å². The lowest BCUT2D eigenvalue weighted by molar-refractivity contribution is -0.119. The number of carbonyl (C=O) groups excluding carboxylic acids is 1. The second kappa shape index (κ2) is 10.9. The molecular weight excluding hydrogens is 440 g/mol. The Hall–Kier alpha value is -3.52. The number of anilines is 1. The number of hydrogen-bond acceptors (Lipinski definition) is 5. The summed E-state index contributed by atoms with van der Waals surface area (Å²) in [5, 5.41) is 2.81. The maximum Gasteiger partial charge on any atom is 0.264 e. The molecule has 0 bridgehead atoms. The number of carbonyl (C=O) groups is 1. The molecule has 0 radical (unpaired) electrons. The van der Waals surface area contributed by atoms with Crippen LogP contribution in [0.25, 0.3) is 0 Å². The van der Waals surface area contributed by atoms with Gasteiger partial charge < -0.3 is 14.8 Å². The highest BCUT2D eigenvalue weighted by molar-refractivity contribution is 7.92. The van der Waals surface area contributed by atoms with E-state index < -0.39 is 15.9 Å². The summed E-state index contributed by atoms with van der Waals surface area (Å²) in [6.45, 7) is 1.82. The monoisotopic (exact) mass is 468 g/mol. The van der Waals surface area contributed by atoms with Crippen molar-refractivity contribution in [3.05, 3.63) is 83.9 Å². The summed E-state index contributed by atoms with van der Waals surface area (Å²) in [5.41, 5.74) is 2.13. The van der Waals surface area contributed by atoms with Crippen molar-refractivity contribution in [2.75, 3.05) is 25.1 Å². The van der Waals surface area contributed by atoms with Gasteiger partial charge in [-0.15, -0.1) is 0 Å². The molecule has 174 valence electrons. The normalized spacial score (nSPS) is 11.0. The molecule has 0 saturated carbocycles. The van der Waals surface area contributed by atoms with Crippen molar-refractivity contribution in [1.29, 1.82) is 0 Å². The molecule has 0 atom stereocenters. The molecule has 3 aromatic rings. The largest absolute Gasteiger partial charge is 0.493 e. The molecule has 33 heavy (non-hydrogen) atoms.